The molecular formula is C12H22N2O4S. The second kappa shape index (κ2) is 8.12. The highest BCUT2D eigenvalue weighted by Crippen LogP contribution is 2.15. The van der Waals surface area contributed by atoms with Gasteiger partial charge in [-0.2, -0.15) is 5.26 Å². The van der Waals surface area contributed by atoms with E-state index in [2.05, 4.69) is 4.72 Å². The fourth-order valence-corrected chi connectivity index (χ4v) is 3.11. The third-order valence-electron chi connectivity index (χ3n) is 2.73. The Balaban J connectivity index is 4.62. The quantitative estimate of drug-likeness (QED) is 0.666. The third-order valence-corrected chi connectivity index (χ3v) is 4.49. The van der Waals surface area contributed by atoms with Gasteiger partial charge in [0.05, 0.1) is 6.07 Å². The van der Waals surface area contributed by atoms with Gasteiger partial charge in [0.15, 0.2) is 5.25 Å². The summed E-state index contributed by atoms with van der Waals surface area (Å²) < 4.78 is 25.9. The molecule has 110 valence electrons. The van der Waals surface area contributed by atoms with E-state index in [1.54, 1.807) is 13.0 Å². The van der Waals surface area contributed by atoms with Crippen molar-refractivity contribution < 1.29 is 18.3 Å². The molecule has 0 fully saturated rings. The second-order valence-corrected chi connectivity index (χ2v) is 6.96. The second-order valence-electron chi connectivity index (χ2n) is 5.01. The first-order valence-electron chi connectivity index (χ1n) is 6.32. The first-order valence-corrected chi connectivity index (χ1v) is 7.87. The molecule has 0 bridgehead atoms. The Kier molecular flexibility index (Phi) is 7.64. The summed E-state index contributed by atoms with van der Waals surface area (Å²) in [7, 11) is -3.69. The van der Waals surface area contributed by atoms with Crippen molar-refractivity contribution >= 4 is 16.0 Å². The number of carboxylic acid groups (broad SMARTS) is 1. The molecule has 7 heteroatoms. The third kappa shape index (κ3) is 7.13. The molecule has 0 aromatic heterocycles. The van der Waals surface area contributed by atoms with Crippen LogP contribution in [0.25, 0.3) is 0 Å². The molecule has 0 rings (SSSR count). The minimum Gasteiger partial charge on any atom is -0.481 e. The van der Waals surface area contributed by atoms with Gasteiger partial charge in [0.1, 0.15) is 0 Å². The van der Waals surface area contributed by atoms with E-state index in [4.69, 9.17) is 10.4 Å². The van der Waals surface area contributed by atoms with Crippen LogP contribution in [0.15, 0.2) is 0 Å². The van der Waals surface area contributed by atoms with Gasteiger partial charge in [-0.1, -0.05) is 20.8 Å². The standard InChI is InChI=1S/C12H22N2O4S/c1-4-11(7-13)19(17,18)14-8-10(5-9(2)3)6-12(15)16/h9-11,14H,4-6,8H2,1-3H3,(H,15,16)/t10-,11?/m0/s1. The van der Waals surface area contributed by atoms with Gasteiger partial charge in [-0.15, -0.1) is 0 Å². The van der Waals surface area contributed by atoms with Crippen LogP contribution in [0, 0.1) is 23.2 Å². The summed E-state index contributed by atoms with van der Waals surface area (Å²) in [5.74, 6) is -0.924. The highest BCUT2D eigenvalue weighted by molar-refractivity contribution is 7.90. The predicted octanol–water partition coefficient (Wildman–Crippen LogP) is 1.34. The number of aliphatic carboxylic acids is 1. The number of hydrogen-bond donors (Lipinski definition) is 2. The van der Waals surface area contributed by atoms with E-state index in [0.717, 1.165) is 0 Å². The van der Waals surface area contributed by atoms with Crippen molar-refractivity contribution in [3.8, 4) is 6.07 Å². The smallest absolute Gasteiger partial charge is 0.303 e. The molecule has 1 unspecified atom stereocenters. The van der Waals surface area contributed by atoms with Crippen LogP contribution in [0.1, 0.15) is 40.0 Å². The average Bonchev–Trinajstić information content (AvgIpc) is 2.26. The molecule has 0 saturated heterocycles. The Bertz CT molecular complexity index is 426. The Morgan fingerprint density at radius 3 is 2.37 bits per heavy atom. The normalized spacial score (nSPS) is 14.9. The topological polar surface area (TPSA) is 107 Å². The van der Waals surface area contributed by atoms with E-state index in [-0.39, 0.29) is 31.2 Å². The van der Waals surface area contributed by atoms with Gasteiger partial charge in [0.2, 0.25) is 10.0 Å². The number of nitrogens with zero attached hydrogens (tertiary/aromatic N) is 1. The fraction of sp³-hybridized carbons (Fsp3) is 0.833. The molecule has 0 aromatic carbocycles. The van der Waals surface area contributed by atoms with E-state index in [9.17, 15) is 13.2 Å². The number of carboxylic acids is 1. The summed E-state index contributed by atoms with van der Waals surface area (Å²) in [6, 6.07) is 1.73. The minimum absolute atomic E-state index is 0.0605. The number of nitrogens with one attached hydrogen (secondary N) is 1. The summed E-state index contributed by atoms with van der Waals surface area (Å²) in [5.41, 5.74) is 0. The van der Waals surface area contributed by atoms with Gasteiger partial charge in [0, 0.05) is 13.0 Å². The largest absolute Gasteiger partial charge is 0.481 e. The summed E-state index contributed by atoms with van der Waals surface area (Å²) in [5, 5.41) is 16.5. The van der Waals surface area contributed by atoms with Crippen molar-refractivity contribution in [2.45, 2.75) is 45.3 Å². The predicted molar refractivity (Wildman–Crippen MR) is 71.8 cm³/mol. The molecule has 0 radical (unpaired) electrons. The number of rotatable bonds is 9. The molecule has 0 aliphatic rings. The molecule has 0 amide bonds. The van der Waals surface area contributed by atoms with E-state index >= 15 is 0 Å². The zero-order valence-corrected chi connectivity index (χ0v) is 12.4. The van der Waals surface area contributed by atoms with Crippen molar-refractivity contribution in [1.29, 1.82) is 5.26 Å². The molecule has 6 nitrogen and oxygen atoms in total. The first-order chi connectivity index (χ1) is 8.72. The van der Waals surface area contributed by atoms with Crippen LogP contribution < -0.4 is 4.72 Å². The summed E-state index contributed by atoms with van der Waals surface area (Å²) in [6.07, 6.45) is 0.752. The lowest BCUT2D eigenvalue weighted by Gasteiger charge is -2.18. The summed E-state index contributed by atoms with van der Waals surface area (Å²) in [4.78, 5) is 10.7. The number of nitriles is 1. The lowest BCUT2D eigenvalue weighted by atomic mass is 9.94. The highest BCUT2D eigenvalue weighted by atomic mass is 32.2. The van der Waals surface area contributed by atoms with Crippen LogP contribution in [0.2, 0.25) is 0 Å². The van der Waals surface area contributed by atoms with Crippen molar-refractivity contribution in [3.05, 3.63) is 0 Å². The molecule has 0 spiro atoms. The molecule has 0 heterocycles. The SMILES string of the molecule is CCC(C#N)S(=O)(=O)NC[C@H](CC(=O)O)CC(C)C. The lowest BCUT2D eigenvalue weighted by molar-refractivity contribution is -0.138. The zero-order chi connectivity index (χ0) is 15.1. The first kappa shape index (κ1) is 17.9. The van der Waals surface area contributed by atoms with E-state index in [1.807, 2.05) is 13.8 Å². The highest BCUT2D eigenvalue weighted by Gasteiger charge is 2.25. The Morgan fingerprint density at radius 2 is 2.00 bits per heavy atom. The van der Waals surface area contributed by atoms with Crippen molar-refractivity contribution in [1.82, 2.24) is 4.72 Å². The molecular weight excluding hydrogens is 268 g/mol. The Labute approximate surface area is 114 Å². The maximum Gasteiger partial charge on any atom is 0.303 e. The number of carbonyl (C=O) groups is 1. The molecule has 0 aromatic rings. The van der Waals surface area contributed by atoms with Crippen molar-refractivity contribution in [3.63, 3.8) is 0 Å². The van der Waals surface area contributed by atoms with Crippen molar-refractivity contribution in [2.75, 3.05) is 6.54 Å². The van der Waals surface area contributed by atoms with Crippen LogP contribution in [-0.2, 0) is 14.8 Å². The van der Waals surface area contributed by atoms with Gasteiger partial charge in [0.25, 0.3) is 0 Å². The molecule has 0 saturated carbocycles. The molecule has 19 heavy (non-hydrogen) atoms. The molecule has 0 aliphatic heterocycles. The monoisotopic (exact) mass is 290 g/mol. The van der Waals surface area contributed by atoms with Crippen LogP contribution in [0.3, 0.4) is 0 Å². The van der Waals surface area contributed by atoms with Gasteiger partial charge in [-0.05, 0) is 24.7 Å². The zero-order valence-electron chi connectivity index (χ0n) is 11.6. The molecule has 2 atom stereocenters. The van der Waals surface area contributed by atoms with Gasteiger partial charge < -0.3 is 5.11 Å². The molecule has 0 aliphatic carbocycles. The maximum atomic E-state index is 11.8. The Morgan fingerprint density at radius 1 is 1.42 bits per heavy atom. The van der Waals surface area contributed by atoms with Crippen molar-refractivity contribution in [2.24, 2.45) is 11.8 Å². The van der Waals surface area contributed by atoms with Crippen LogP contribution >= 0.6 is 0 Å². The number of sulfonamides is 1. The summed E-state index contributed by atoms with van der Waals surface area (Å²) in [6.45, 7) is 5.59. The van der Waals surface area contributed by atoms with Gasteiger partial charge >= 0.3 is 5.97 Å². The average molecular weight is 290 g/mol. The Hall–Kier alpha value is -1.13. The lowest BCUT2D eigenvalue weighted by Crippen LogP contribution is -2.37. The van der Waals surface area contributed by atoms with E-state index in [1.165, 1.54) is 0 Å². The van der Waals surface area contributed by atoms with E-state index in [0.29, 0.717) is 6.42 Å². The van der Waals surface area contributed by atoms with Crippen LogP contribution in [-0.4, -0.2) is 31.3 Å². The maximum absolute atomic E-state index is 11.8. The number of hydrogen-bond acceptors (Lipinski definition) is 4. The summed E-state index contributed by atoms with van der Waals surface area (Å²) >= 11 is 0. The van der Waals surface area contributed by atoms with Gasteiger partial charge in [-0.3, -0.25) is 4.79 Å². The molecule has 2 N–H and O–H groups in total. The van der Waals surface area contributed by atoms with Crippen LogP contribution in [0.5, 0.6) is 0 Å². The van der Waals surface area contributed by atoms with Gasteiger partial charge in [-0.25, -0.2) is 13.1 Å². The van der Waals surface area contributed by atoms with E-state index < -0.39 is 21.2 Å². The minimum atomic E-state index is -3.69. The fourth-order valence-electron chi connectivity index (χ4n) is 1.87. The van der Waals surface area contributed by atoms with Crippen LogP contribution in [0.4, 0.5) is 0 Å².